The average molecular weight is 528 g/mol. The highest BCUT2D eigenvalue weighted by Crippen LogP contribution is 2.32. The zero-order valence-electron chi connectivity index (χ0n) is 24.7. The number of carbonyl (C=O) groups excluding carboxylic acids is 1. The molecular weight excluding hydrogens is 474 g/mol. The molecule has 3 saturated heterocycles. The zero-order valence-corrected chi connectivity index (χ0v) is 24.7. The van der Waals surface area contributed by atoms with E-state index in [1.54, 1.807) is 0 Å². The van der Waals surface area contributed by atoms with Gasteiger partial charge in [0.05, 0.1) is 0 Å². The number of nitrogens with one attached hydrogen (secondary N) is 2. The molecule has 3 aliphatic heterocycles. The van der Waals surface area contributed by atoms with Crippen LogP contribution in [0.2, 0.25) is 0 Å². The first-order valence-electron chi connectivity index (χ1n) is 15.0. The summed E-state index contributed by atoms with van der Waals surface area (Å²) in [5.41, 5.74) is 1.11. The Labute approximate surface area is 231 Å². The fourth-order valence-electron chi connectivity index (χ4n) is 6.34. The summed E-state index contributed by atoms with van der Waals surface area (Å²) in [6.07, 6.45) is 6.81. The molecular formula is C31H53N5O2. The normalized spacial score (nSPS) is 23.3. The van der Waals surface area contributed by atoms with Crippen LogP contribution < -0.4 is 10.6 Å². The monoisotopic (exact) mass is 527 g/mol. The first-order valence-corrected chi connectivity index (χ1v) is 15.0. The van der Waals surface area contributed by atoms with E-state index in [0.29, 0.717) is 12.1 Å². The van der Waals surface area contributed by atoms with Crippen molar-refractivity contribution in [2.24, 2.45) is 5.92 Å². The maximum Gasteiger partial charge on any atom is 0.410 e. The van der Waals surface area contributed by atoms with Crippen molar-refractivity contribution >= 4 is 6.09 Å². The largest absolute Gasteiger partial charge is 0.444 e. The molecule has 1 atom stereocenters. The van der Waals surface area contributed by atoms with E-state index < -0.39 is 5.60 Å². The second kappa shape index (κ2) is 13.1. The predicted molar refractivity (Wildman–Crippen MR) is 155 cm³/mol. The van der Waals surface area contributed by atoms with Crippen LogP contribution in [0.15, 0.2) is 30.3 Å². The Kier molecular flexibility index (Phi) is 10.1. The molecule has 38 heavy (non-hydrogen) atoms. The van der Waals surface area contributed by atoms with Gasteiger partial charge in [0.15, 0.2) is 0 Å². The van der Waals surface area contributed by atoms with Crippen LogP contribution in [0.25, 0.3) is 0 Å². The van der Waals surface area contributed by atoms with E-state index in [2.05, 4.69) is 64.7 Å². The second-order valence-corrected chi connectivity index (χ2v) is 13.3. The number of ether oxygens (including phenoxy) is 1. The van der Waals surface area contributed by atoms with Gasteiger partial charge in [-0.1, -0.05) is 30.3 Å². The summed E-state index contributed by atoms with van der Waals surface area (Å²) >= 11 is 0. The standard InChI is InChI=1S/C31H53N5O2/c1-30(2,3)38-29(37)35-21-15-31(4,16-22-35)36-19-13-27(14-20-36)33-28(26-9-7-6-8-10-26)24-32-23-25-11-17-34(5)18-12-25/h6-10,25,27-28,32-33H,11-24H2,1-5H3/t28-/m0/s1. The Morgan fingerprint density at radius 2 is 1.63 bits per heavy atom. The van der Waals surface area contributed by atoms with Gasteiger partial charge >= 0.3 is 6.09 Å². The van der Waals surface area contributed by atoms with E-state index in [4.69, 9.17) is 4.74 Å². The Hall–Kier alpha value is -1.67. The summed E-state index contributed by atoms with van der Waals surface area (Å²) < 4.78 is 5.60. The number of nitrogens with zero attached hydrogens (tertiary/aromatic N) is 3. The van der Waals surface area contributed by atoms with Crippen molar-refractivity contribution in [3.05, 3.63) is 35.9 Å². The van der Waals surface area contributed by atoms with Crippen LogP contribution in [-0.4, -0.2) is 97.4 Å². The molecule has 3 heterocycles. The molecule has 0 spiro atoms. The van der Waals surface area contributed by atoms with Crippen molar-refractivity contribution in [1.82, 2.24) is 25.3 Å². The first-order chi connectivity index (χ1) is 18.1. The lowest BCUT2D eigenvalue weighted by Gasteiger charge is -2.49. The second-order valence-electron chi connectivity index (χ2n) is 13.3. The van der Waals surface area contributed by atoms with Crippen molar-refractivity contribution < 1.29 is 9.53 Å². The third-order valence-electron chi connectivity index (χ3n) is 9.01. The highest BCUT2D eigenvalue weighted by Gasteiger charge is 2.39. The molecule has 0 saturated carbocycles. The van der Waals surface area contributed by atoms with Crippen LogP contribution in [0.4, 0.5) is 4.79 Å². The van der Waals surface area contributed by atoms with Gasteiger partial charge in [-0.15, -0.1) is 0 Å². The highest BCUT2D eigenvalue weighted by atomic mass is 16.6. The third-order valence-corrected chi connectivity index (χ3v) is 9.01. The minimum atomic E-state index is -0.438. The molecule has 4 rings (SSSR count). The van der Waals surface area contributed by atoms with Crippen molar-refractivity contribution in [1.29, 1.82) is 0 Å². The lowest BCUT2D eigenvalue weighted by molar-refractivity contribution is -0.00891. The Morgan fingerprint density at radius 1 is 1.00 bits per heavy atom. The van der Waals surface area contributed by atoms with E-state index in [1.165, 1.54) is 44.3 Å². The maximum atomic E-state index is 12.5. The number of piperidine rings is 3. The highest BCUT2D eigenvalue weighted by molar-refractivity contribution is 5.68. The molecule has 0 radical (unpaired) electrons. The smallest absolute Gasteiger partial charge is 0.410 e. The zero-order chi connectivity index (χ0) is 27.2. The maximum absolute atomic E-state index is 12.5. The molecule has 3 aliphatic rings. The fraction of sp³-hybridized carbons (Fsp3) is 0.774. The van der Waals surface area contributed by atoms with Crippen LogP contribution >= 0.6 is 0 Å². The molecule has 1 aromatic rings. The van der Waals surface area contributed by atoms with Gasteiger partial charge in [-0.2, -0.15) is 0 Å². The molecule has 0 unspecified atom stereocenters. The van der Waals surface area contributed by atoms with Crippen LogP contribution in [0.5, 0.6) is 0 Å². The molecule has 214 valence electrons. The topological polar surface area (TPSA) is 60.1 Å². The van der Waals surface area contributed by atoms with Crippen molar-refractivity contribution in [2.75, 3.05) is 59.4 Å². The van der Waals surface area contributed by atoms with E-state index in [-0.39, 0.29) is 11.6 Å². The number of rotatable bonds is 8. The van der Waals surface area contributed by atoms with Crippen molar-refractivity contribution in [3.63, 3.8) is 0 Å². The summed E-state index contributed by atoms with van der Waals surface area (Å²) in [6, 6.07) is 11.8. The lowest BCUT2D eigenvalue weighted by atomic mass is 9.85. The molecule has 7 nitrogen and oxygen atoms in total. The molecule has 0 aliphatic carbocycles. The van der Waals surface area contributed by atoms with E-state index in [0.717, 1.165) is 58.0 Å². The van der Waals surface area contributed by atoms with Gasteiger partial charge in [0, 0.05) is 50.3 Å². The molecule has 1 amide bonds. The summed E-state index contributed by atoms with van der Waals surface area (Å²) in [5, 5.41) is 7.85. The van der Waals surface area contributed by atoms with Crippen LogP contribution in [0.3, 0.4) is 0 Å². The van der Waals surface area contributed by atoms with Gasteiger partial charge in [0.1, 0.15) is 5.60 Å². The average Bonchev–Trinajstić information content (AvgIpc) is 2.89. The Bertz CT molecular complexity index is 849. The van der Waals surface area contributed by atoms with Crippen molar-refractivity contribution in [3.8, 4) is 0 Å². The van der Waals surface area contributed by atoms with Gasteiger partial charge in [-0.25, -0.2) is 4.79 Å². The van der Waals surface area contributed by atoms with Crippen molar-refractivity contribution in [2.45, 2.75) is 89.4 Å². The minimum absolute atomic E-state index is 0.165. The van der Waals surface area contributed by atoms with E-state index >= 15 is 0 Å². The molecule has 7 heteroatoms. The predicted octanol–water partition coefficient (Wildman–Crippen LogP) is 4.50. The summed E-state index contributed by atoms with van der Waals surface area (Å²) in [6.45, 7) is 16.5. The van der Waals surface area contributed by atoms with Gasteiger partial charge in [-0.3, -0.25) is 4.90 Å². The Balaban J connectivity index is 1.24. The van der Waals surface area contributed by atoms with E-state index in [1.807, 2.05) is 25.7 Å². The fourth-order valence-corrected chi connectivity index (χ4v) is 6.34. The van der Waals surface area contributed by atoms with Crippen LogP contribution in [-0.2, 0) is 4.74 Å². The number of hydrogen-bond donors (Lipinski definition) is 2. The van der Waals surface area contributed by atoms with Crippen LogP contribution in [0, 0.1) is 5.92 Å². The summed E-state index contributed by atoms with van der Waals surface area (Å²) in [4.78, 5) is 19.5. The lowest BCUT2D eigenvalue weighted by Crippen LogP contribution is -2.58. The van der Waals surface area contributed by atoms with Gasteiger partial charge in [0.25, 0.3) is 0 Å². The minimum Gasteiger partial charge on any atom is -0.444 e. The number of carbonyl (C=O) groups is 1. The summed E-state index contributed by atoms with van der Waals surface area (Å²) in [7, 11) is 2.23. The number of amides is 1. The summed E-state index contributed by atoms with van der Waals surface area (Å²) in [5.74, 6) is 0.799. The SMILES string of the molecule is CN1CCC(CNC[C@H](NC2CCN(C3(C)CCN(C(=O)OC(C)(C)C)CC3)CC2)c2ccccc2)CC1. The number of benzene rings is 1. The van der Waals surface area contributed by atoms with Gasteiger partial charge < -0.3 is 25.2 Å². The molecule has 0 aromatic heterocycles. The van der Waals surface area contributed by atoms with Gasteiger partial charge in [0.2, 0.25) is 0 Å². The van der Waals surface area contributed by atoms with Gasteiger partial charge in [-0.05, 0) is 104 Å². The van der Waals surface area contributed by atoms with E-state index in [9.17, 15) is 4.79 Å². The molecule has 2 N–H and O–H groups in total. The first kappa shape index (κ1) is 29.3. The molecule has 3 fully saturated rings. The third kappa shape index (κ3) is 8.41. The number of hydrogen-bond acceptors (Lipinski definition) is 6. The molecule has 0 bridgehead atoms. The Morgan fingerprint density at radius 3 is 2.24 bits per heavy atom. The number of likely N-dealkylation sites (tertiary alicyclic amines) is 3. The van der Waals surface area contributed by atoms with Crippen LogP contribution in [0.1, 0.15) is 77.8 Å². The quantitative estimate of drug-likeness (QED) is 0.519. The molecule has 1 aromatic carbocycles.